The summed E-state index contributed by atoms with van der Waals surface area (Å²) < 4.78 is 1.65. The molecule has 1 saturated carbocycles. The number of nitrogens with zero attached hydrogens (tertiary/aromatic N) is 6. The van der Waals surface area contributed by atoms with E-state index >= 15 is 0 Å². The van der Waals surface area contributed by atoms with Gasteiger partial charge in [-0.05, 0) is 49.1 Å². The molecule has 0 atom stereocenters. The summed E-state index contributed by atoms with van der Waals surface area (Å²) in [5.41, 5.74) is 3.59. The third-order valence-corrected chi connectivity index (χ3v) is 6.01. The quantitative estimate of drug-likeness (QED) is 0.793. The maximum absolute atomic E-state index is 12.2. The highest BCUT2D eigenvalue weighted by atomic mass is 16.1. The summed E-state index contributed by atoms with van der Waals surface area (Å²) in [7, 11) is 0. The van der Waals surface area contributed by atoms with E-state index in [0.717, 1.165) is 69.2 Å². The lowest BCUT2D eigenvalue weighted by molar-refractivity contribution is 0.241. The third-order valence-electron chi connectivity index (χ3n) is 6.01. The molecular weight excluding hydrogens is 340 g/mol. The van der Waals surface area contributed by atoms with Gasteiger partial charge in [0, 0.05) is 51.2 Å². The predicted octanol–water partition coefficient (Wildman–Crippen LogP) is 1.22. The standard InChI is InChI=1S/C20H26N6O/c27-19-12-16-2-1-3-18(16)23-26(19)11-8-24-6-9-25(10-7-24)20-21-13-17(14-22-20)15-4-5-15/h12-15H,1-11H2. The zero-order valence-electron chi connectivity index (χ0n) is 15.7. The van der Waals surface area contributed by atoms with Crippen LogP contribution in [0, 0.1) is 0 Å². The first kappa shape index (κ1) is 16.9. The van der Waals surface area contributed by atoms with Crippen LogP contribution in [0.3, 0.4) is 0 Å². The Morgan fingerprint density at radius 2 is 1.78 bits per heavy atom. The van der Waals surface area contributed by atoms with Crippen molar-refractivity contribution in [2.75, 3.05) is 37.6 Å². The Bertz CT molecular complexity index is 865. The Balaban J connectivity index is 1.15. The van der Waals surface area contributed by atoms with Gasteiger partial charge < -0.3 is 4.90 Å². The second-order valence-electron chi connectivity index (χ2n) is 7.95. The zero-order chi connectivity index (χ0) is 18.2. The molecule has 2 aliphatic carbocycles. The minimum atomic E-state index is 0.0402. The van der Waals surface area contributed by atoms with E-state index in [1.165, 1.54) is 18.4 Å². The van der Waals surface area contributed by atoms with Crippen LogP contribution < -0.4 is 10.5 Å². The van der Waals surface area contributed by atoms with Crippen molar-refractivity contribution >= 4 is 5.95 Å². The van der Waals surface area contributed by atoms with Gasteiger partial charge in [-0.2, -0.15) is 5.10 Å². The molecule has 27 heavy (non-hydrogen) atoms. The molecule has 0 radical (unpaired) electrons. The van der Waals surface area contributed by atoms with Gasteiger partial charge in [-0.1, -0.05) is 0 Å². The summed E-state index contributed by atoms with van der Waals surface area (Å²) in [6.45, 7) is 5.31. The summed E-state index contributed by atoms with van der Waals surface area (Å²) in [6, 6.07) is 1.79. The monoisotopic (exact) mass is 366 g/mol. The zero-order valence-corrected chi connectivity index (χ0v) is 15.7. The largest absolute Gasteiger partial charge is 0.338 e. The van der Waals surface area contributed by atoms with Crippen LogP contribution >= 0.6 is 0 Å². The van der Waals surface area contributed by atoms with Crippen molar-refractivity contribution in [2.45, 2.75) is 44.6 Å². The van der Waals surface area contributed by atoms with E-state index in [-0.39, 0.29) is 5.56 Å². The van der Waals surface area contributed by atoms with Crippen LogP contribution in [0.4, 0.5) is 5.95 Å². The van der Waals surface area contributed by atoms with Gasteiger partial charge in [0.1, 0.15) is 0 Å². The first-order valence-electron chi connectivity index (χ1n) is 10.2. The number of fused-ring (bicyclic) bond motifs is 1. The molecule has 2 aromatic rings. The Hall–Kier alpha value is -2.28. The topological polar surface area (TPSA) is 67.2 Å². The van der Waals surface area contributed by atoms with Crippen molar-refractivity contribution in [1.29, 1.82) is 0 Å². The molecule has 0 spiro atoms. The first-order chi connectivity index (χ1) is 13.3. The number of rotatable bonds is 5. The van der Waals surface area contributed by atoms with Crippen LogP contribution in [0.25, 0.3) is 0 Å². The predicted molar refractivity (Wildman–Crippen MR) is 103 cm³/mol. The van der Waals surface area contributed by atoms with Gasteiger partial charge in [-0.15, -0.1) is 0 Å². The molecule has 7 nitrogen and oxygen atoms in total. The summed E-state index contributed by atoms with van der Waals surface area (Å²) in [5.74, 6) is 1.54. The lowest BCUT2D eigenvalue weighted by atomic mass is 10.2. The van der Waals surface area contributed by atoms with Crippen molar-refractivity contribution < 1.29 is 0 Å². The van der Waals surface area contributed by atoms with Gasteiger partial charge in [0.25, 0.3) is 5.56 Å². The molecule has 0 unspecified atom stereocenters. The molecule has 7 heteroatoms. The number of hydrogen-bond donors (Lipinski definition) is 0. The van der Waals surface area contributed by atoms with E-state index < -0.39 is 0 Å². The second kappa shape index (κ2) is 7.03. The minimum absolute atomic E-state index is 0.0402. The van der Waals surface area contributed by atoms with Crippen LogP contribution in [0.5, 0.6) is 0 Å². The molecule has 5 rings (SSSR count). The third kappa shape index (κ3) is 3.60. The molecule has 142 valence electrons. The number of aromatic nitrogens is 4. The van der Waals surface area contributed by atoms with Gasteiger partial charge in [0.2, 0.25) is 5.95 Å². The van der Waals surface area contributed by atoms with E-state index in [9.17, 15) is 4.79 Å². The lowest BCUT2D eigenvalue weighted by Gasteiger charge is -2.34. The SMILES string of the molecule is O=c1cc2c(nn1CCN1CCN(c3ncc(C4CC4)cn3)CC1)CCC2. The molecule has 0 amide bonds. The summed E-state index contributed by atoms with van der Waals surface area (Å²) in [5, 5.41) is 4.57. The smallest absolute Gasteiger partial charge is 0.267 e. The van der Waals surface area contributed by atoms with Crippen LogP contribution in [0.15, 0.2) is 23.3 Å². The first-order valence-corrected chi connectivity index (χ1v) is 10.2. The fourth-order valence-corrected chi connectivity index (χ4v) is 4.13. The summed E-state index contributed by atoms with van der Waals surface area (Å²) in [6.07, 6.45) is 9.69. The molecule has 0 N–H and O–H groups in total. The van der Waals surface area contributed by atoms with E-state index in [1.807, 2.05) is 12.4 Å². The average Bonchev–Trinajstić information content (AvgIpc) is 3.46. The van der Waals surface area contributed by atoms with E-state index in [2.05, 4.69) is 24.9 Å². The Morgan fingerprint density at radius 3 is 2.52 bits per heavy atom. The molecule has 1 saturated heterocycles. The maximum Gasteiger partial charge on any atom is 0.267 e. The highest BCUT2D eigenvalue weighted by Crippen LogP contribution is 2.39. The Labute approximate surface area is 159 Å². The highest BCUT2D eigenvalue weighted by molar-refractivity contribution is 5.32. The fourth-order valence-electron chi connectivity index (χ4n) is 4.13. The normalized spacial score (nSPS) is 20.1. The van der Waals surface area contributed by atoms with Crippen LogP contribution in [-0.4, -0.2) is 57.4 Å². The molecule has 3 aliphatic rings. The molecule has 3 heterocycles. The van der Waals surface area contributed by atoms with Crippen molar-refractivity contribution in [2.24, 2.45) is 0 Å². The summed E-state index contributed by atoms with van der Waals surface area (Å²) in [4.78, 5) is 26.0. The maximum atomic E-state index is 12.2. The van der Waals surface area contributed by atoms with Gasteiger partial charge in [0.15, 0.2) is 0 Å². The fraction of sp³-hybridized carbons (Fsp3) is 0.600. The average molecular weight is 366 g/mol. The number of hydrogen-bond acceptors (Lipinski definition) is 6. The molecule has 0 bridgehead atoms. The van der Waals surface area contributed by atoms with Crippen molar-refractivity contribution in [1.82, 2.24) is 24.6 Å². The van der Waals surface area contributed by atoms with Crippen molar-refractivity contribution in [3.05, 3.63) is 45.6 Å². The van der Waals surface area contributed by atoms with Gasteiger partial charge in [-0.25, -0.2) is 14.6 Å². The van der Waals surface area contributed by atoms with Crippen molar-refractivity contribution in [3.8, 4) is 0 Å². The van der Waals surface area contributed by atoms with Gasteiger partial charge in [-0.3, -0.25) is 9.69 Å². The lowest BCUT2D eigenvalue weighted by Crippen LogP contribution is -2.48. The Kier molecular flexibility index (Phi) is 4.39. The van der Waals surface area contributed by atoms with E-state index in [0.29, 0.717) is 12.5 Å². The molecular formula is C20H26N6O. The molecule has 2 fully saturated rings. The van der Waals surface area contributed by atoms with Gasteiger partial charge >= 0.3 is 0 Å². The molecule has 1 aliphatic heterocycles. The van der Waals surface area contributed by atoms with E-state index in [1.54, 1.807) is 10.7 Å². The van der Waals surface area contributed by atoms with Crippen LogP contribution in [0.2, 0.25) is 0 Å². The van der Waals surface area contributed by atoms with Crippen molar-refractivity contribution in [3.63, 3.8) is 0 Å². The van der Waals surface area contributed by atoms with Gasteiger partial charge in [0.05, 0.1) is 12.2 Å². The molecule has 0 aromatic carbocycles. The van der Waals surface area contributed by atoms with E-state index in [4.69, 9.17) is 0 Å². The highest BCUT2D eigenvalue weighted by Gasteiger charge is 2.25. The Morgan fingerprint density at radius 1 is 1.00 bits per heavy atom. The van der Waals surface area contributed by atoms with Crippen LogP contribution in [-0.2, 0) is 19.4 Å². The molecule has 2 aromatic heterocycles. The second-order valence-corrected chi connectivity index (χ2v) is 7.95. The minimum Gasteiger partial charge on any atom is -0.338 e. The number of aryl methyl sites for hydroxylation is 2. The summed E-state index contributed by atoms with van der Waals surface area (Å²) >= 11 is 0. The number of anilines is 1. The number of piperazine rings is 1. The van der Waals surface area contributed by atoms with Crippen LogP contribution in [0.1, 0.15) is 42.0 Å².